The fourth-order valence-corrected chi connectivity index (χ4v) is 9.24. The van der Waals surface area contributed by atoms with E-state index in [1.165, 1.54) is 68.7 Å². The summed E-state index contributed by atoms with van der Waals surface area (Å²) in [6.07, 6.45) is 10.1. The van der Waals surface area contributed by atoms with E-state index < -0.39 is 5.41 Å². The van der Waals surface area contributed by atoms with Crippen molar-refractivity contribution in [3.05, 3.63) is 45.8 Å². The molecular weight excluding hydrogens is 552 g/mol. The molecule has 4 fully saturated rings. The lowest BCUT2D eigenvalue weighted by Crippen LogP contribution is -2.45. The Labute approximate surface area is 260 Å². The maximum absolute atomic E-state index is 13.9. The molecule has 6 nitrogen and oxygen atoms in total. The van der Waals surface area contributed by atoms with Crippen LogP contribution in [-0.4, -0.2) is 64.9 Å². The van der Waals surface area contributed by atoms with Crippen LogP contribution in [0.3, 0.4) is 0 Å². The number of benzene rings is 1. The third kappa shape index (κ3) is 5.68. The number of aromatic amines is 1. The standard InChI is InChI=1S/C36H48N4O2S/c1-22-17-23(2)19-26(18-22)32-29(13-16-39-14-11-24(12-15-39)21-37-33(41)25-5-6-25)30-20-31(43-34(30)38-32)36(3,4)35(42)40-27-7-8-28(40)10-9-27/h17-20,24-25,27-28,38H,5-16,21H2,1-4H3,(H,37,41). The van der Waals surface area contributed by atoms with Gasteiger partial charge in [-0.3, -0.25) is 9.59 Å². The van der Waals surface area contributed by atoms with E-state index in [2.05, 4.69) is 72.1 Å². The topological polar surface area (TPSA) is 68.4 Å². The molecule has 7 heteroatoms. The van der Waals surface area contributed by atoms with Crippen molar-refractivity contribution < 1.29 is 9.59 Å². The van der Waals surface area contributed by atoms with Crippen LogP contribution in [0.5, 0.6) is 0 Å². The lowest BCUT2D eigenvalue weighted by molar-refractivity contribution is -0.137. The first-order valence-electron chi connectivity index (χ1n) is 16.7. The fourth-order valence-electron chi connectivity index (χ4n) is 8.06. The number of H-pyrrole nitrogens is 1. The molecule has 0 atom stereocenters. The zero-order valence-electron chi connectivity index (χ0n) is 26.4. The molecule has 2 amide bonds. The maximum Gasteiger partial charge on any atom is 0.233 e. The van der Waals surface area contributed by atoms with Crippen LogP contribution in [0.25, 0.3) is 21.5 Å². The minimum Gasteiger partial charge on any atom is -0.356 e. The van der Waals surface area contributed by atoms with Gasteiger partial charge in [0.15, 0.2) is 0 Å². The number of carbonyl (C=O) groups excluding carboxylic acids is 2. The smallest absolute Gasteiger partial charge is 0.233 e. The number of thiophene rings is 1. The van der Waals surface area contributed by atoms with Gasteiger partial charge in [0, 0.05) is 41.4 Å². The van der Waals surface area contributed by atoms with Gasteiger partial charge in [-0.2, -0.15) is 0 Å². The zero-order valence-corrected chi connectivity index (χ0v) is 27.2. The highest BCUT2D eigenvalue weighted by molar-refractivity contribution is 7.19. The molecular formula is C36H48N4O2S. The Morgan fingerprint density at radius 3 is 2.21 bits per heavy atom. The van der Waals surface area contributed by atoms with Crippen molar-refractivity contribution >= 4 is 33.4 Å². The average molecular weight is 601 g/mol. The highest BCUT2D eigenvalue weighted by atomic mass is 32.1. The van der Waals surface area contributed by atoms with E-state index in [9.17, 15) is 9.59 Å². The van der Waals surface area contributed by atoms with Crippen molar-refractivity contribution in [3.8, 4) is 11.3 Å². The number of aromatic nitrogens is 1. The van der Waals surface area contributed by atoms with Crippen molar-refractivity contribution in [3.63, 3.8) is 0 Å². The zero-order chi connectivity index (χ0) is 29.9. The first kappa shape index (κ1) is 29.1. The van der Waals surface area contributed by atoms with Crippen molar-refractivity contribution in [2.45, 2.75) is 103 Å². The van der Waals surface area contributed by atoms with Crippen LogP contribution in [0, 0.1) is 25.7 Å². The Balaban J connectivity index is 1.11. The predicted octanol–water partition coefficient (Wildman–Crippen LogP) is 6.72. The van der Waals surface area contributed by atoms with Crippen molar-refractivity contribution in [2.24, 2.45) is 11.8 Å². The number of likely N-dealkylation sites (tertiary alicyclic amines) is 1. The van der Waals surface area contributed by atoms with Crippen molar-refractivity contribution in [2.75, 3.05) is 26.2 Å². The number of fused-ring (bicyclic) bond motifs is 3. The third-order valence-corrected chi connectivity index (χ3v) is 12.2. The molecule has 43 heavy (non-hydrogen) atoms. The van der Waals surface area contributed by atoms with Gasteiger partial charge in [-0.25, -0.2) is 0 Å². The lowest BCUT2D eigenvalue weighted by Gasteiger charge is -2.32. The minimum atomic E-state index is -0.524. The molecule has 0 radical (unpaired) electrons. The number of nitrogens with zero attached hydrogens (tertiary/aromatic N) is 2. The van der Waals surface area contributed by atoms with Gasteiger partial charge in [0.2, 0.25) is 11.8 Å². The summed E-state index contributed by atoms with van der Waals surface area (Å²) in [7, 11) is 0. The average Bonchev–Trinajstić information content (AvgIpc) is 3.30. The predicted molar refractivity (Wildman–Crippen MR) is 176 cm³/mol. The van der Waals surface area contributed by atoms with Crippen LogP contribution in [0.2, 0.25) is 0 Å². The van der Waals surface area contributed by atoms with Crippen LogP contribution < -0.4 is 5.32 Å². The number of hydrogen-bond donors (Lipinski definition) is 2. The third-order valence-electron chi connectivity index (χ3n) is 10.8. The molecule has 7 rings (SSSR count). The number of aryl methyl sites for hydroxylation is 2. The quantitative estimate of drug-likeness (QED) is 0.286. The molecule has 3 aliphatic heterocycles. The molecule has 230 valence electrons. The van der Waals surface area contributed by atoms with Crippen LogP contribution >= 0.6 is 11.3 Å². The van der Waals surface area contributed by atoms with Gasteiger partial charge in [0.25, 0.3) is 0 Å². The molecule has 3 saturated heterocycles. The normalized spacial score (nSPS) is 23.0. The summed E-state index contributed by atoms with van der Waals surface area (Å²) in [4.78, 5) is 37.1. The largest absolute Gasteiger partial charge is 0.356 e. The van der Waals surface area contributed by atoms with Crippen LogP contribution in [0.4, 0.5) is 0 Å². The lowest BCUT2D eigenvalue weighted by atomic mass is 9.88. The van der Waals surface area contributed by atoms with Gasteiger partial charge in [-0.05, 0) is 134 Å². The highest BCUT2D eigenvalue weighted by Crippen LogP contribution is 2.44. The van der Waals surface area contributed by atoms with Gasteiger partial charge < -0.3 is 20.1 Å². The van der Waals surface area contributed by atoms with Crippen molar-refractivity contribution in [1.29, 1.82) is 0 Å². The summed E-state index contributed by atoms with van der Waals surface area (Å²) in [6, 6.07) is 10.1. The van der Waals surface area contributed by atoms with Gasteiger partial charge in [-0.15, -0.1) is 11.3 Å². The Bertz CT molecular complexity index is 1480. The van der Waals surface area contributed by atoms with E-state index in [1.807, 2.05) is 0 Å². The van der Waals surface area contributed by atoms with Crippen molar-refractivity contribution in [1.82, 2.24) is 20.1 Å². The molecule has 0 unspecified atom stereocenters. The van der Waals surface area contributed by atoms with Crippen LogP contribution in [0.15, 0.2) is 24.3 Å². The molecule has 5 heterocycles. The number of carbonyl (C=O) groups is 2. The Morgan fingerprint density at radius 2 is 1.58 bits per heavy atom. The van der Waals surface area contributed by atoms with Gasteiger partial charge in [0.1, 0.15) is 4.83 Å². The molecule has 1 saturated carbocycles. The summed E-state index contributed by atoms with van der Waals surface area (Å²) in [5, 5.41) is 4.49. The SMILES string of the molecule is Cc1cc(C)cc(-c2[nH]c3sc(C(C)(C)C(=O)N4C5CCC4CC5)cc3c2CCN2CCC(CNC(=O)C3CC3)CC2)c1. The second-order valence-corrected chi connectivity index (χ2v) is 15.6. The van der Waals surface area contributed by atoms with E-state index in [4.69, 9.17) is 0 Å². The molecule has 2 aromatic heterocycles. The van der Waals surface area contributed by atoms with Crippen LogP contribution in [0.1, 0.15) is 86.8 Å². The monoisotopic (exact) mass is 600 g/mol. The summed E-state index contributed by atoms with van der Waals surface area (Å²) in [6.45, 7) is 12.7. The summed E-state index contributed by atoms with van der Waals surface area (Å²) >= 11 is 1.78. The molecule has 2 bridgehead atoms. The number of piperidine rings is 1. The van der Waals surface area contributed by atoms with Gasteiger partial charge in [-0.1, -0.05) is 17.2 Å². The van der Waals surface area contributed by atoms with E-state index in [1.54, 1.807) is 11.3 Å². The number of amides is 2. The molecule has 1 aliphatic carbocycles. The number of rotatable bonds is 9. The maximum atomic E-state index is 13.9. The molecule has 3 aromatic rings. The van der Waals surface area contributed by atoms with E-state index in [0.717, 1.165) is 58.3 Å². The van der Waals surface area contributed by atoms with Gasteiger partial charge in [0.05, 0.1) is 11.1 Å². The minimum absolute atomic E-state index is 0.269. The Hall–Kier alpha value is -2.64. The fraction of sp³-hybridized carbons (Fsp3) is 0.611. The first-order chi connectivity index (χ1) is 20.7. The summed E-state index contributed by atoms with van der Waals surface area (Å²) in [5.74, 6) is 1.47. The molecule has 0 spiro atoms. The number of hydrogen-bond acceptors (Lipinski definition) is 4. The molecule has 4 aliphatic rings. The van der Waals surface area contributed by atoms with Crippen LogP contribution in [-0.2, 0) is 21.4 Å². The summed E-state index contributed by atoms with van der Waals surface area (Å²) in [5.41, 5.74) is 5.91. The van der Waals surface area contributed by atoms with E-state index >= 15 is 0 Å². The van der Waals surface area contributed by atoms with Gasteiger partial charge >= 0.3 is 0 Å². The second-order valence-electron chi connectivity index (χ2n) is 14.6. The second kappa shape index (κ2) is 11.4. The molecule has 1 aromatic carbocycles. The Morgan fingerprint density at radius 1 is 0.930 bits per heavy atom. The first-order valence-corrected chi connectivity index (χ1v) is 17.6. The Kier molecular flexibility index (Phi) is 7.70. The number of nitrogens with one attached hydrogen (secondary N) is 2. The summed E-state index contributed by atoms with van der Waals surface area (Å²) < 4.78 is 0. The highest BCUT2D eigenvalue weighted by Gasteiger charge is 2.47. The van der Waals surface area contributed by atoms with E-state index in [0.29, 0.717) is 29.8 Å². The molecule has 2 N–H and O–H groups in total. The van der Waals surface area contributed by atoms with E-state index in [-0.39, 0.29) is 5.91 Å².